The van der Waals surface area contributed by atoms with E-state index in [4.69, 9.17) is 21.6 Å². The molecule has 0 aliphatic heterocycles. The summed E-state index contributed by atoms with van der Waals surface area (Å²) >= 11 is 5.90. The third-order valence-electron chi connectivity index (χ3n) is 1.74. The molecule has 3 heteroatoms. The first kappa shape index (κ1) is 9.88. The van der Waals surface area contributed by atoms with Gasteiger partial charge in [0.05, 0.1) is 18.2 Å². The van der Waals surface area contributed by atoms with Crippen molar-refractivity contribution in [2.75, 3.05) is 7.11 Å². The van der Waals surface area contributed by atoms with Crippen molar-refractivity contribution >= 4 is 11.6 Å². The second kappa shape index (κ2) is 4.74. The van der Waals surface area contributed by atoms with Crippen LogP contribution in [0.25, 0.3) is 0 Å². The van der Waals surface area contributed by atoms with E-state index < -0.39 is 0 Å². The molecule has 0 atom stereocenters. The second-order valence-electron chi connectivity index (χ2n) is 2.63. The van der Waals surface area contributed by atoms with Crippen LogP contribution in [0.5, 0.6) is 5.75 Å². The van der Waals surface area contributed by atoms with E-state index in [1.54, 1.807) is 7.11 Å². The number of ether oxygens (including phenoxy) is 1. The molecule has 1 aromatic carbocycles. The van der Waals surface area contributed by atoms with Crippen LogP contribution in [0.1, 0.15) is 12.0 Å². The van der Waals surface area contributed by atoms with Crippen molar-refractivity contribution < 1.29 is 4.74 Å². The lowest BCUT2D eigenvalue weighted by Crippen LogP contribution is -1.87. The topological polar surface area (TPSA) is 33.0 Å². The first-order valence-corrected chi connectivity index (χ1v) is 4.35. The fourth-order valence-corrected chi connectivity index (χ4v) is 1.35. The molecule has 0 aliphatic rings. The summed E-state index contributed by atoms with van der Waals surface area (Å²) in [4.78, 5) is 0. The highest BCUT2D eigenvalue weighted by Gasteiger charge is 2.00. The SMILES string of the molecule is COc1ccc(CCC#N)cc1Cl. The zero-order valence-corrected chi connectivity index (χ0v) is 8.14. The minimum Gasteiger partial charge on any atom is -0.495 e. The van der Waals surface area contributed by atoms with Crippen molar-refractivity contribution in [3.05, 3.63) is 28.8 Å². The minimum absolute atomic E-state index is 0.517. The molecule has 0 fully saturated rings. The second-order valence-corrected chi connectivity index (χ2v) is 3.03. The summed E-state index contributed by atoms with van der Waals surface area (Å²) in [7, 11) is 1.58. The van der Waals surface area contributed by atoms with E-state index in [9.17, 15) is 0 Å². The number of hydrogen-bond acceptors (Lipinski definition) is 2. The van der Waals surface area contributed by atoms with Crippen LogP contribution in [0, 0.1) is 11.3 Å². The molecule has 0 radical (unpaired) electrons. The molecule has 2 nitrogen and oxygen atoms in total. The van der Waals surface area contributed by atoms with Gasteiger partial charge in [-0.25, -0.2) is 0 Å². The normalized spacial score (nSPS) is 9.31. The zero-order chi connectivity index (χ0) is 9.68. The van der Waals surface area contributed by atoms with Crippen molar-refractivity contribution in [2.45, 2.75) is 12.8 Å². The molecule has 0 saturated carbocycles. The Balaban J connectivity index is 2.78. The first-order chi connectivity index (χ1) is 6.27. The highest BCUT2D eigenvalue weighted by atomic mass is 35.5. The molecule has 0 heterocycles. The molecule has 0 aliphatic carbocycles. The number of halogens is 1. The lowest BCUT2D eigenvalue weighted by atomic mass is 10.1. The predicted molar refractivity (Wildman–Crippen MR) is 51.9 cm³/mol. The van der Waals surface area contributed by atoms with E-state index in [2.05, 4.69) is 6.07 Å². The molecule has 13 heavy (non-hydrogen) atoms. The summed E-state index contributed by atoms with van der Waals surface area (Å²) in [6.45, 7) is 0. The zero-order valence-electron chi connectivity index (χ0n) is 7.38. The fraction of sp³-hybridized carbons (Fsp3) is 0.300. The van der Waals surface area contributed by atoms with Crippen molar-refractivity contribution in [1.82, 2.24) is 0 Å². The van der Waals surface area contributed by atoms with Gasteiger partial charge in [0.1, 0.15) is 5.75 Å². The molecule has 1 rings (SSSR count). The van der Waals surface area contributed by atoms with Gasteiger partial charge in [0.15, 0.2) is 0 Å². The van der Waals surface area contributed by atoms with Gasteiger partial charge in [-0.15, -0.1) is 0 Å². The fourth-order valence-electron chi connectivity index (χ4n) is 1.07. The molecular formula is C10H10ClNO. The van der Waals surface area contributed by atoms with Gasteiger partial charge in [0.2, 0.25) is 0 Å². The Kier molecular flexibility index (Phi) is 3.60. The van der Waals surface area contributed by atoms with E-state index in [-0.39, 0.29) is 0 Å². The summed E-state index contributed by atoms with van der Waals surface area (Å²) in [5, 5.41) is 8.99. The number of methoxy groups -OCH3 is 1. The Morgan fingerprint density at radius 1 is 1.54 bits per heavy atom. The van der Waals surface area contributed by atoms with E-state index in [0.29, 0.717) is 17.2 Å². The van der Waals surface area contributed by atoms with Gasteiger partial charge >= 0.3 is 0 Å². The quantitative estimate of drug-likeness (QED) is 0.743. The molecule has 0 N–H and O–H groups in total. The summed E-state index contributed by atoms with van der Waals surface area (Å²) in [6.07, 6.45) is 1.25. The number of nitrogens with zero attached hydrogens (tertiary/aromatic N) is 1. The Bertz CT molecular complexity index is 330. The predicted octanol–water partition coefficient (Wildman–Crippen LogP) is 2.80. The van der Waals surface area contributed by atoms with E-state index in [1.165, 1.54) is 0 Å². The lowest BCUT2D eigenvalue weighted by Gasteiger charge is -2.04. The third kappa shape index (κ3) is 2.64. The van der Waals surface area contributed by atoms with Gasteiger partial charge < -0.3 is 4.74 Å². The van der Waals surface area contributed by atoms with Crippen LogP contribution in [-0.2, 0) is 6.42 Å². The number of nitriles is 1. The van der Waals surface area contributed by atoms with Crippen LogP contribution in [0.3, 0.4) is 0 Å². The van der Waals surface area contributed by atoms with Crippen molar-refractivity contribution in [3.8, 4) is 11.8 Å². The molecule has 1 aromatic rings. The molecule has 0 bridgehead atoms. The molecule has 0 amide bonds. The molecular weight excluding hydrogens is 186 g/mol. The van der Waals surface area contributed by atoms with Crippen LogP contribution < -0.4 is 4.74 Å². The Morgan fingerprint density at radius 2 is 2.31 bits per heavy atom. The highest BCUT2D eigenvalue weighted by molar-refractivity contribution is 6.32. The maximum atomic E-state index is 8.39. The summed E-state index contributed by atoms with van der Waals surface area (Å²) in [6, 6.07) is 7.65. The van der Waals surface area contributed by atoms with Gasteiger partial charge in [-0.1, -0.05) is 17.7 Å². The molecule has 0 spiro atoms. The van der Waals surface area contributed by atoms with Crippen LogP contribution in [0.2, 0.25) is 5.02 Å². The van der Waals surface area contributed by atoms with Crippen molar-refractivity contribution in [3.63, 3.8) is 0 Å². The van der Waals surface area contributed by atoms with Gasteiger partial charge in [0, 0.05) is 6.42 Å². The molecule has 0 unspecified atom stereocenters. The molecule has 68 valence electrons. The van der Waals surface area contributed by atoms with Gasteiger partial charge in [-0.2, -0.15) is 5.26 Å². The van der Waals surface area contributed by atoms with E-state index in [1.807, 2.05) is 18.2 Å². The molecule has 0 aromatic heterocycles. The minimum atomic E-state index is 0.517. The third-order valence-corrected chi connectivity index (χ3v) is 2.04. The van der Waals surface area contributed by atoms with Gasteiger partial charge in [0.25, 0.3) is 0 Å². The monoisotopic (exact) mass is 195 g/mol. The van der Waals surface area contributed by atoms with Gasteiger partial charge in [-0.3, -0.25) is 0 Å². The maximum Gasteiger partial charge on any atom is 0.137 e. The van der Waals surface area contributed by atoms with Crippen LogP contribution in [-0.4, -0.2) is 7.11 Å². The molecule has 0 saturated heterocycles. The van der Waals surface area contributed by atoms with Crippen LogP contribution >= 0.6 is 11.6 Å². The van der Waals surface area contributed by atoms with E-state index in [0.717, 1.165) is 12.0 Å². The maximum absolute atomic E-state index is 8.39. The Hall–Kier alpha value is -1.20. The standard InChI is InChI=1S/C10H10ClNO/c1-13-10-5-4-8(3-2-6-12)7-9(10)11/h4-5,7H,2-3H2,1H3. The highest BCUT2D eigenvalue weighted by Crippen LogP contribution is 2.25. The van der Waals surface area contributed by atoms with Crippen molar-refractivity contribution in [2.24, 2.45) is 0 Å². The van der Waals surface area contributed by atoms with Gasteiger partial charge in [-0.05, 0) is 24.1 Å². The summed E-state index contributed by atoms with van der Waals surface area (Å²) in [5.74, 6) is 0.669. The number of hydrogen-bond donors (Lipinski definition) is 0. The number of benzene rings is 1. The van der Waals surface area contributed by atoms with Crippen molar-refractivity contribution in [1.29, 1.82) is 5.26 Å². The van der Waals surface area contributed by atoms with Crippen LogP contribution in [0.15, 0.2) is 18.2 Å². The lowest BCUT2D eigenvalue weighted by molar-refractivity contribution is 0.415. The summed E-state index contributed by atoms with van der Waals surface area (Å²) < 4.78 is 5.01. The average Bonchev–Trinajstić information content (AvgIpc) is 2.15. The number of rotatable bonds is 3. The number of aryl methyl sites for hydroxylation is 1. The Morgan fingerprint density at radius 3 is 2.85 bits per heavy atom. The van der Waals surface area contributed by atoms with E-state index >= 15 is 0 Å². The average molecular weight is 196 g/mol. The summed E-state index contributed by atoms with van der Waals surface area (Å²) in [5.41, 5.74) is 1.06. The largest absolute Gasteiger partial charge is 0.495 e. The smallest absolute Gasteiger partial charge is 0.137 e. The first-order valence-electron chi connectivity index (χ1n) is 3.97. The van der Waals surface area contributed by atoms with Crippen LogP contribution in [0.4, 0.5) is 0 Å². The Labute approximate surface area is 82.7 Å².